The number of unbranched alkanes of at least 4 members (excludes halogenated alkanes) is 1. The summed E-state index contributed by atoms with van der Waals surface area (Å²) in [6.07, 6.45) is 3.45. The molecular formula is C16H23NO5S. The normalized spacial score (nSPS) is 12.7. The second kappa shape index (κ2) is 8.10. The van der Waals surface area contributed by atoms with Gasteiger partial charge in [0.1, 0.15) is 6.04 Å². The van der Waals surface area contributed by atoms with Gasteiger partial charge in [0.2, 0.25) is 0 Å². The number of carboxylic acid groups (broad SMARTS) is 1. The molecule has 0 fully saturated rings. The van der Waals surface area contributed by atoms with E-state index in [9.17, 15) is 18.0 Å². The van der Waals surface area contributed by atoms with Gasteiger partial charge in [-0.3, -0.25) is 4.79 Å². The number of carbonyl (C=O) groups excluding carboxylic acids is 1. The number of hydrogen-bond acceptors (Lipinski definition) is 4. The third kappa shape index (κ3) is 5.35. The minimum absolute atomic E-state index is 0.105. The van der Waals surface area contributed by atoms with Gasteiger partial charge in [0.05, 0.1) is 4.90 Å². The van der Waals surface area contributed by atoms with Crippen molar-refractivity contribution in [2.24, 2.45) is 0 Å². The third-order valence-electron chi connectivity index (χ3n) is 3.56. The highest BCUT2D eigenvalue weighted by Gasteiger charge is 2.21. The lowest BCUT2D eigenvalue weighted by molar-refractivity contribution is -0.139. The van der Waals surface area contributed by atoms with E-state index < -0.39 is 27.8 Å². The summed E-state index contributed by atoms with van der Waals surface area (Å²) in [5.74, 6) is -1.68. The summed E-state index contributed by atoms with van der Waals surface area (Å²) in [6.45, 7) is 3.76. The van der Waals surface area contributed by atoms with Crippen LogP contribution in [0.15, 0.2) is 23.1 Å². The maximum absolute atomic E-state index is 12.2. The predicted octanol–water partition coefficient (Wildman–Crippen LogP) is 2.03. The second-order valence-corrected chi connectivity index (χ2v) is 7.44. The fraction of sp³-hybridized carbons (Fsp3) is 0.500. The van der Waals surface area contributed by atoms with Crippen LogP contribution in [0.3, 0.4) is 0 Å². The molecule has 2 N–H and O–H groups in total. The number of carbonyl (C=O) groups is 2. The van der Waals surface area contributed by atoms with Crippen LogP contribution in [0.4, 0.5) is 0 Å². The van der Waals surface area contributed by atoms with Crippen LogP contribution in [0.25, 0.3) is 0 Å². The SMILES string of the molecule is CCCC[C@H](NC(=O)c1ccc(CC)c(S(C)(=O)=O)c1)C(=O)O. The number of aryl methyl sites for hydroxylation is 1. The molecule has 0 aromatic heterocycles. The average molecular weight is 341 g/mol. The summed E-state index contributed by atoms with van der Waals surface area (Å²) in [6, 6.07) is 3.44. The number of amides is 1. The Morgan fingerprint density at radius 3 is 2.39 bits per heavy atom. The summed E-state index contributed by atoms with van der Waals surface area (Å²) in [7, 11) is -3.46. The monoisotopic (exact) mass is 341 g/mol. The standard InChI is InChI=1S/C16H23NO5S/c1-4-6-7-13(16(19)20)17-15(18)12-9-8-11(5-2)14(10-12)23(3,21)22/h8-10,13H,4-7H2,1-3H3,(H,17,18)(H,19,20)/t13-/m0/s1. The van der Waals surface area contributed by atoms with Crippen LogP contribution < -0.4 is 5.32 Å². The van der Waals surface area contributed by atoms with Gasteiger partial charge >= 0.3 is 5.97 Å². The molecule has 23 heavy (non-hydrogen) atoms. The van der Waals surface area contributed by atoms with E-state index in [0.717, 1.165) is 12.7 Å². The molecule has 0 radical (unpaired) electrons. The zero-order valence-electron chi connectivity index (χ0n) is 13.6. The second-order valence-electron chi connectivity index (χ2n) is 5.45. The van der Waals surface area contributed by atoms with Gasteiger partial charge in [-0.1, -0.05) is 32.8 Å². The van der Waals surface area contributed by atoms with Crippen LogP contribution in [0.2, 0.25) is 0 Å². The molecule has 1 atom stereocenters. The Morgan fingerprint density at radius 1 is 1.26 bits per heavy atom. The molecule has 0 saturated heterocycles. The smallest absolute Gasteiger partial charge is 0.326 e. The number of rotatable bonds is 8. The van der Waals surface area contributed by atoms with Gasteiger partial charge in [-0.05, 0) is 30.5 Å². The lowest BCUT2D eigenvalue weighted by Gasteiger charge is -2.15. The maximum Gasteiger partial charge on any atom is 0.326 e. The first-order chi connectivity index (χ1) is 10.7. The minimum Gasteiger partial charge on any atom is -0.480 e. The first kappa shape index (κ1) is 19.2. The zero-order chi connectivity index (χ0) is 17.6. The fourth-order valence-electron chi connectivity index (χ4n) is 2.24. The van der Waals surface area contributed by atoms with Gasteiger partial charge in [0.15, 0.2) is 9.84 Å². The molecule has 0 bridgehead atoms. The predicted molar refractivity (Wildman–Crippen MR) is 87.3 cm³/mol. The van der Waals surface area contributed by atoms with Crippen LogP contribution in [0, 0.1) is 0 Å². The van der Waals surface area contributed by atoms with Gasteiger partial charge in [-0.25, -0.2) is 13.2 Å². The Balaban J connectivity index is 3.06. The molecule has 0 heterocycles. The van der Waals surface area contributed by atoms with Gasteiger partial charge < -0.3 is 10.4 Å². The summed E-state index contributed by atoms with van der Waals surface area (Å²) >= 11 is 0. The van der Waals surface area contributed by atoms with Crippen molar-refractivity contribution >= 4 is 21.7 Å². The van der Waals surface area contributed by atoms with E-state index in [1.807, 2.05) is 13.8 Å². The van der Waals surface area contributed by atoms with E-state index in [1.54, 1.807) is 6.07 Å². The Morgan fingerprint density at radius 2 is 1.91 bits per heavy atom. The Labute approximate surface area is 136 Å². The van der Waals surface area contributed by atoms with Crippen molar-refractivity contribution in [2.45, 2.75) is 50.5 Å². The highest BCUT2D eigenvalue weighted by Crippen LogP contribution is 2.19. The molecule has 6 nitrogen and oxygen atoms in total. The van der Waals surface area contributed by atoms with E-state index in [1.165, 1.54) is 12.1 Å². The van der Waals surface area contributed by atoms with Gasteiger partial charge in [0.25, 0.3) is 5.91 Å². The van der Waals surface area contributed by atoms with Crippen molar-refractivity contribution in [2.75, 3.05) is 6.26 Å². The topological polar surface area (TPSA) is 101 Å². The molecule has 128 valence electrons. The number of hydrogen-bond donors (Lipinski definition) is 2. The Kier molecular flexibility index (Phi) is 6.75. The molecule has 1 amide bonds. The van der Waals surface area contributed by atoms with E-state index in [2.05, 4.69) is 5.32 Å². The first-order valence-corrected chi connectivity index (χ1v) is 9.46. The quantitative estimate of drug-likeness (QED) is 0.753. The molecule has 0 aliphatic heterocycles. The number of aliphatic carboxylic acids is 1. The van der Waals surface area contributed by atoms with Crippen molar-refractivity contribution in [3.05, 3.63) is 29.3 Å². The highest BCUT2D eigenvalue weighted by molar-refractivity contribution is 7.90. The molecule has 0 unspecified atom stereocenters. The van der Waals surface area contributed by atoms with Crippen LogP contribution >= 0.6 is 0 Å². The van der Waals surface area contributed by atoms with Crippen molar-refractivity contribution in [3.63, 3.8) is 0 Å². The molecule has 7 heteroatoms. The van der Waals surface area contributed by atoms with E-state index in [4.69, 9.17) is 5.11 Å². The van der Waals surface area contributed by atoms with Crippen molar-refractivity contribution in [1.29, 1.82) is 0 Å². The van der Waals surface area contributed by atoms with Crippen LogP contribution in [0.1, 0.15) is 49.0 Å². The number of carboxylic acids is 1. The lowest BCUT2D eigenvalue weighted by Crippen LogP contribution is -2.40. The Hall–Kier alpha value is -1.89. The molecule has 1 aromatic carbocycles. The Bertz CT molecular complexity index is 682. The largest absolute Gasteiger partial charge is 0.480 e. The zero-order valence-corrected chi connectivity index (χ0v) is 14.4. The molecular weight excluding hydrogens is 318 g/mol. The third-order valence-corrected chi connectivity index (χ3v) is 4.74. The van der Waals surface area contributed by atoms with Crippen LogP contribution in [-0.4, -0.2) is 37.7 Å². The van der Waals surface area contributed by atoms with Gasteiger partial charge in [0, 0.05) is 11.8 Å². The number of benzene rings is 1. The van der Waals surface area contributed by atoms with Gasteiger partial charge in [-0.15, -0.1) is 0 Å². The van der Waals surface area contributed by atoms with Crippen molar-refractivity contribution in [1.82, 2.24) is 5.32 Å². The average Bonchev–Trinajstić information content (AvgIpc) is 2.49. The van der Waals surface area contributed by atoms with E-state index in [-0.39, 0.29) is 10.5 Å². The molecule has 0 spiro atoms. The summed E-state index contributed by atoms with van der Waals surface area (Å²) in [5, 5.41) is 11.6. The molecule has 0 saturated carbocycles. The number of sulfone groups is 1. The summed E-state index contributed by atoms with van der Waals surface area (Å²) < 4.78 is 23.7. The molecule has 0 aliphatic carbocycles. The summed E-state index contributed by atoms with van der Waals surface area (Å²) in [5.41, 5.74) is 0.773. The molecule has 1 rings (SSSR count). The van der Waals surface area contributed by atoms with E-state index in [0.29, 0.717) is 24.8 Å². The highest BCUT2D eigenvalue weighted by atomic mass is 32.2. The fourth-order valence-corrected chi connectivity index (χ4v) is 3.27. The molecule has 1 aromatic rings. The van der Waals surface area contributed by atoms with Gasteiger partial charge in [-0.2, -0.15) is 0 Å². The maximum atomic E-state index is 12.2. The summed E-state index contributed by atoms with van der Waals surface area (Å²) in [4.78, 5) is 23.5. The van der Waals surface area contributed by atoms with E-state index >= 15 is 0 Å². The minimum atomic E-state index is -3.46. The van der Waals surface area contributed by atoms with Crippen molar-refractivity contribution < 1.29 is 23.1 Å². The van der Waals surface area contributed by atoms with Crippen LogP contribution in [0.5, 0.6) is 0 Å². The molecule has 0 aliphatic rings. The first-order valence-electron chi connectivity index (χ1n) is 7.57. The van der Waals surface area contributed by atoms with Crippen molar-refractivity contribution in [3.8, 4) is 0 Å². The van der Waals surface area contributed by atoms with Crippen LogP contribution in [-0.2, 0) is 21.1 Å². The lowest BCUT2D eigenvalue weighted by atomic mass is 10.1. The number of nitrogens with one attached hydrogen (secondary N) is 1.